The number of rotatable bonds is 4. The standard InChI is InChI=1S/C19H15ClO5/c1-11(20)19(22)24-14-7-8-15-16(10-14)25-17(18(15)21)9-12-3-5-13(23-2)6-4-12/h3-11H,1-2H3/b17-9-. The SMILES string of the molecule is COc1ccc(/C=C2\Oc3cc(OC(=O)C(C)Cl)ccc3C2=O)cc1. The second-order valence-electron chi connectivity index (χ2n) is 5.41. The maximum atomic E-state index is 12.4. The van der Waals surface area contributed by atoms with Crippen LogP contribution < -0.4 is 14.2 Å². The average molecular weight is 359 g/mol. The van der Waals surface area contributed by atoms with Crippen LogP contribution in [0.3, 0.4) is 0 Å². The molecule has 1 heterocycles. The molecule has 0 N–H and O–H groups in total. The van der Waals surface area contributed by atoms with E-state index in [1.54, 1.807) is 31.4 Å². The van der Waals surface area contributed by atoms with E-state index in [-0.39, 0.29) is 17.3 Å². The van der Waals surface area contributed by atoms with Crippen molar-refractivity contribution < 1.29 is 23.8 Å². The van der Waals surface area contributed by atoms with Crippen LogP contribution in [0.5, 0.6) is 17.2 Å². The molecule has 0 saturated carbocycles. The van der Waals surface area contributed by atoms with Gasteiger partial charge < -0.3 is 14.2 Å². The van der Waals surface area contributed by atoms with Crippen LogP contribution in [0.15, 0.2) is 48.2 Å². The third kappa shape index (κ3) is 3.67. The molecule has 0 spiro atoms. The Labute approximate surface area is 149 Å². The molecular weight excluding hydrogens is 344 g/mol. The summed E-state index contributed by atoms with van der Waals surface area (Å²) in [6.07, 6.45) is 1.65. The number of fused-ring (bicyclic) bond motifs is 1. The molecular formula is C19H15ClO5. The summed E-state index contributed by atoms with van der Waals surface area (Å²) >= 11 is 5.68. The van der Waals surface area contributed by atoms with Crippen molar-refractivity contribution in [1.29, 1.82) is 0 Å². The van der Waals surface area contributed by atoms with Gasteiger partial charge in [0, 0.05) is 6.07 Å². The van der Waals surface area contributed by atoms with Crippen molar-refractivity contribution in [2.75, 3.05) is 7.11 Å². The maximum absolute atomic E-state index is 12.4. The number of alkyl halides is 1. The van der Waals surface area contributed by atoms with Crippen LogP contribution in [-0.2, 0) is 4.79 Å². The second-order valence-corrected chi connectivity index (χ2v) is 6.06. The van der Waals surface area contributed by atoms with E-state index in [2.05, 4.69) is 0 Å². The molecule has 0 radical (unpaired) electrons. The first-order chi connectivity index (χ1) is 12.0. The Hall–Kier alpha value is -2.79. The fraction of sp³-hybridized carbons (Fsp3) is 0.158. The summed E-state index contributed by atoms with van der Waals surface area (Å²) < 4.78 is 15.8. The van der Waals surface area contributed by atoms with Gasteiger partial charge in [-0.3, -0.25) is 9.59 Å². The Morgan fingerprint density at radius 3 is 2.48 bits per heavy atom. The van der Waals surface area contributed by atoms with E-state index in [4.69, 9.17) is 25.8 Å². The van der Waals surface area contributed by atoms with E-state index in [1.807, 2.05) is 12.1 Å². The zero-order valence-corrected chi connectivity index (χ0v) is 14.4. The first-order valence-corrected chi connectivity index (χ1v) is 7.99. The molecule has 0 aliphatic carbocycles. The molecule has 25 heavy (non-hydrogen) atoms. The maximum Gasteiger partial charge on any atom is 0.329 e. The average Bonchev–Trinajstić information content (AvgIpc) is 2.91. The van der Waals surface area contributed by atoms with Crippen molar-refractivity contribution in [2.24, 2.45) is 0 Å². The van der Waals surface area contributed by atoms with Crippen molar-refractivity contribution in [1.82, 2.24) is 0 Å². The van der Waals surface area contributed by atoms with Crippen LogP contribution in [0.2, 0.25) is 0 Å². The summed E-state index contributed by atoms with van der Waals surface area (Å²) in [7, 11) is 1.59. The Morgan fingerprint density at radius 2 is 1.84 bits per heavy atom. The highest BCUT2D eigenvalue weighted by atomic mass is 35.5. The molecule has 0 aromatic heterocycles. The third-order valence-electron chi connectivity index (χ3n) is 3.60. The predicted molar refractivity (Wildman–Crippen MR) is 93.3 cm³/mol. The van der Waals surface area contributed by atoms with Gasteiger partial charge in [-0.15, -0.1) is 11.6 Å². The summed E-state index contributed by atoms with van der Waals surface area (Å²) in [6.45, 7) is 1.52. The lowest BCUT2D eigenvalue weighted by molar-refractivity contribution is -0.133. The van der Waals surface area contributed by atoms with Gasteiger partial charge in [0.05, 0.1) is 12.7 Å². The highest BCUT2D eigenvalue weighted by molar-refractivity contribution is 6.29. The minimum atomic E-state index is -0.763. The summed E-state index contributed by atoms with van der Waals surface area (Å²) in [5.41, 5.74) is 1.22. The Morgan fingerprint density at radius 1 is 1.16 bits per heavy atom. The molecule has 1 unspecified atom stereocenters. The molecule has 2 aromatic carbocycles. The monoisotopic (exact) mass is 358 g/mol. The van der Waals surface area contributed by atoms with E-state index in [0.717, 1.165) is 11.3 Å². The molecule has 0 saturated heterocycles. The first kappa shape index (κ1) is 17.0. The lowest BCUT2D eigenvalue weighted by Crippen LogP contribution is -2.17. The van der Waals surface area contributed by atoms with Gasteiger partial charge in [-0.2, -0.15) is 0 Å². The number of ether oxygens (including phenoxy) is 3. The number of benzene rings is 2. The van der Waals surface area contributed by atoms with Crippen LogP contribution >= 0.6 is 11.6 Å². The number of halogens is 1. The summed E-state index contributed by atoms with van der Waals surface area (Å²) in [5, 5.41) is -0.763. The van der Waals surface area contributed by atoms with E-state index < -0.39 is 11.3 Å². The van der Waals surface area contributed by atoms with Crippen molar-refractivity contribution in [3.05, 3.63) is 59.4 Å². The highest BCUT2D eigenvalue weighted by Crippen LogP contribution is 2.35. The summed E-state index contributed by atoms with van der Waals surface area (Å²) in [5.74, 6) is 0.750. The number of hydrogen-bond donors (Lipinski definition) is 0. The van der Waals surface area contributed by atoms with E-state index in [1.165, 1.54) is 19.1 Å². The fourth-order valence-corrected chi connectivity index (χ4v) is 2.32. The van der Waals surface area contributed by atoms with Gasteiger partial charge in [-0.05, 0) is 42.8 Å². The smallest absolute Gasteiger partial charge is 0.329 e. The Bertz CT molecular complexity index is 853. The largest absolute Gasteiger partial charge is 0.497 e. The normalized spacial score (nSPS) is 15.5. The molecule has 1 aliphatic heterocycles. The van der Waals surface area contributed by atoms with Crippen molar-refractivity contribution in [3.63, 3.8) is 0 Å². The minimum Gasteiger partial charge on any atom is -0.497 e. The Kier molecular flexibility index (Phi) is 4.76. The van der Waals surface area contributed by atoms with Crippen molar-refractivity contribution in [3.8, 4) is 17.2 Å². The van der Waals surface area contributed by atoms with Crippen LogP contribution in [-0.4, -0.2) is 24.2 Å². The van der Waals surface area contributed by atoms with Crippen LogP contribution in [0.1, 0.15) is 22.8 Å². The van der Waals surface area contributed by atoms with Crippen molar-refractivity contribution >= 4 is 29.4 Å². The van der Waals surface area contributed by atoms with E-state index >= 15 is 0 Å². The van der Waals surface area contributed by atoms with Crippen LogP contribution in [0.25, 0.3) is 6.08 Å². The molecule has 128 valence electrons. The number of carbonyl (C=O) groups excluding carboxylic acids is 2. The zero-order valence-electron chi connectivity index (χ0n) is 13.6. The van der Waals surface area contributed by atoms with Gasteiger partial charge in [0.2, 0.25) is 5.78 Å². The molecule has 1 aliphatic rings. The number of hydrogen-bond acceptors (Lipinski definition) is 5. The molecule has 0 amide bonds. The molecule has 5 nitrogen and oxygen atoms in total. The molecule has 0 bridgehead atoms. The predicted octanol–water partition coefficient (Wildman–Crippen LogP) is 3.84. The Balaban J connectivity index is 1.82. The number of methoxy groups -OCH3 is 1. The minimum absolute atomic E-state index is 0.203. The molecule has 1 atom stereocenters. The topological polar surface area (TPSA) is 61.8 Å². The first-order valence-electron chi connectivity index (χ1n) is 7.56. The lowest BCUT2D eigenvalue weighted by Gasteiger charge is -2.06. The lowest BCUT2D eigenvalue weighted by atomic mass is 10.1. The number of allylic oxidation sites excluding steroid dienone is 1. The molecule has 3 rings (SSSR count). The van der Waals surface area contributed by atoms with Gasteiger partial charge in [0.1, 0.15) is 22.6 Å². The third-order valence-corrected chi connectivity index (χ3v) is 3.78. The van der Waals surface area contributed by atoms with Gasteiger partial charge in [0.25, 0.3) is 0 Å². The van der Waals surface area contributed by atoms with Crippen molar-refractivity contribution in [2.45, 2.75) is 12.3 Å². The summed E-state index contributed by atoms with van der Waals surface area (Å²) in [6, 6.07) is 11.8. The fourth-order valence-electron chi connectivity index (χ4n) is 2.28. The number of carbonyl (C=O) groups is 2. The van der Waals surface area contributed by atoms with Crippen LogP contribution in [0, 0.1) is 0 Å². The highest BCUT2D eigenvalue weighted by Gasteiger charge is 2.28. The quantitative estimate of drug-likeness (QED) is 0.359. The van der Waals surface area contributed by atoms with Gasteiger partial charge in [-0.1, -0.05) is 12.1 Å². The molecule has 6 heteroatoms. The van der Waals surface area contributed by atoms with Gasteiger partial charge in [-0.25, -0.2) is 0 Å². The number of esters is 1. The number of ketones is 1. The van der Waals surface area contributed by atoms with E-state index in [9.17, 15) is 9.59 Å². The second kappa shape index (κ2) is 6.99. The molecule has 2 aromatic rings. The summed E-state index contributed by atoms with van der Waals surface area (Å²) in [4.78, 5) is 24.0. The van der Waals surface area contributed by atoms with Crippen LogP contribution in [0.4, 0.5) is 0 Å². The van der Waals surface area contributed by atoms with Gasteiger partial charge >= 0.3 is 5.97 Å². The molecule has 0 fully saturated rings. The van der Waals surface area contributed by atoms with Gasteiger partial charge in [0.15, 0.2) is 5.76 Å². The number of Topliss-reactive ketones (excluding diaryl/α,β-unsaturated/α-hetero) is 1. The zero-order chi connectivity index (χ0) is 18.0. The van der Waals surface area contributed by atoms with E-state index in [0.29, 0.717) is 11.3 Å².